The van der Waals surface area contributed by atoms with Crippen LogP contribution in [-0.4, -0.2) is 30.0 Å². The highest BCUT2D eigenvalue weighted by Crippen LogP contribution is 2.41. The van der Waals surface area contributed by atoms with E-state index in [9.17, 15) is 19.5 Å². The lowest BCUT2D eigenvalue weighted by molar-refractivity contribution is -0.114. The van der Waals surface area contributed by atoms with Gasteiger partial charge in [0, 0.05) is 37.2 Å². The van der Waals surface area contributed by atoms with Crippen molar-refractivity contribution in [3.8, 4) is 16.9 Å². The number of aryl methyl sites for hydroxylation is 1. The molecule has 6 rings (SSSR count). The summed E-state index contributed by atoms with van der Waals surface area (Å²) >= 11 is 0. The molecule has 0 amide bonds. The topological polar surface area (TPSA) is 107 Å². The summed E-state index contributed by atoms with van der Waals surface area (Å²) in [6.45, 7) is 3.07. The van der Waals surface area contributed by atoms with Crippen molar-refractivity contribution >= 4 is 16.7 Å². The van der Waals surface area contributed by atoms with Gasteiger partial charge in [0.15, 0.2) is 5.78 Å². The molecule has 1 aliphatic carbocycles. The van der Waals surface area contributed by atoms with Crippen molar-refractivity contribution in [2.45, 2.75) is 38.2 Å². The Morgan fingerprint density at radius 1 is 1.09 bits per heavy atom. The van der Waals surface area contributed by atoms with E-state index in [1.807, 2.05) is 24.3 Å². The maximum absolute atomic E-state index is 15.2. The van der Waals surface area contributed by atoms with Gasteiger partial charge in [0.25, 0.3) is 11.1 Å². The molecule has 3 aromatic carbocycles. The van der Waals surface area contributed by atoms with E-state index in [1.54, 1.807) is 37.5 Å². The van der Waals surface area contributed by atoms with Gasteiger partial charge in [-0.25, -0.2) is 14.4 Å². The van der Waals surface area contributed by atoms with Crippen molar-refractivity contribution in [3.05, 3.63) is 134 Å². The van der Waals surface area contributed by atoms with Gasteiger partial charge in [0.2, 0.25) is 0 Å². The summed E-state index contributed by atoms with van der Waals surface area (Å²) in [4.78, 5) is 47.5. The molecule has 9 heteroatoms. The van der Waals surface area contributed by atoms with Crippen molar-refractivity contribution in [3.63, 3.8) is 0 Å². The van der Waals surface area contributed by atoms with Crippen LogP contribution in [-0.2, 0) is 31.3 Å². The Kier molecular flexibility index (Phi) is 7.41. The van der Waals surface area contributed by atoms with Crippen LogP contribution in [0.1, 0.15) is 46.7 Å². The molecule has 1 saturated carbocycles. The second-order valence-corrected chi connectivity index (χ2v) is 10.9. The minimum atomic E-state index is -0.616. The number of halogens is 1. The summed E-state index contributed by atoms with van der Waals surface area (Å²) in [5.74, 6) is -0.406. The number of carbonyl (C=O) groups is 1. The van der Waals surface area contributed by atoms with Crippen LogP contribution in [0.2, 0.25) is 0 Å². The number of hydrogen-bond acceptors (Lipinski definition) is 6. The zero-order valence-corrected chi connectivity index (χ0v) is 23.6. The summed E-state index contributed by atoms with van der Waals surface area (Å²) in [7, 11) is 1.62. The lowest BCUT2D eigenvalue weighted by atomic mass is 10.0. The Hall–Kier alpha value is -5.02. The molecule has 0 atom stereocenters. The van der Waals surface area contributed by atoms with E-state index in [-0.39, 0.29) is 35.3 Å². The Balaban J connectivity index is 1.42. The third kappa shape index (κ3) is 5.47. The number of nitrogens with zero attached hydrogens (tertiary/aromatic N) is 4. The van der Waals surface area contributed by atoms with Crippen LogP contribution < -0.4 is 11.1 Å². The van der Waals surface area contributed by atoms with Gasteiger partial charge in [0.05, 0.1) is 23.5 Å². The molecular weight excluding hydrogens is 547 g/mol. The highest BCUT2D eigenvalue weighted by Gasteiger charge is 2.26. The highest BCUT2D eigenvalue weighted by atomic mass is 19.1. The molecule has 2 heterocycles. The predicted octanol–water partition coefficient (Wildman–Crippen LogP) is 4.54. The molecular formula is C34H29FN4O4. The molecule has 0 bridgehead atoms. The third-order valence-corrected chi connectivity index (χ3v) is 7.84. The zero-order chi connectivity index (χ0) is 30.2. The monoisotopic (exact) mass is 576 g/mol. The van der Waals surface area contributed by atoms with E-state index < -0.39 is 18.0 Å². The van der Waals surface area contributed by atoms with E-state index in [2.05, 4.69) is 16.5 Å². The summed E-state index contributed by atoms with van der Waals surface area (Å²) in [5.41, 5.74) is 3.82. The molecule has 0 spiro atoms. The molecule has 5 aromatic rings. The lowest BCUT2D eigenvalue weighted by Gasteiger charge is -2.16. The van der Waals surface area contributed by atoms with E-state index in [4.69, 9.17) is 0 Å². The first kappa shape index (κ1) is 28.1. The van der Waals surface area contributed by atoms with Gasteiger partial charge in [-0.15, -0.1) is 0 Å². The van der Waals surface area contributed by atoms with Gasteiger partial charge >= 0.3 is 0 Å². The largest absolute Gasteiger partial charge is 0.392 e. The van der Waals surface area contributed by atoms with Crippen LogP contribution in [0.3, 0.4) is 0 Å². The number of ketones is 1. The summed E-state index contributed by atoms with van der Waals surface area (Å²) < 4.78 is 17.8. The number of hydrogen-bond donors (Lipinski definition) is 1. The number of allylic oxidation sites excluding steroid dienone is 1. The number of benzene rings is 3. The fraction of sp³-hybridized carbons (Fsp3) is 0.206. The SMILES string of the molecule is C=CC(=O)Cc1cccc(Cc2nc(-c3cccc(-n4cnc5cc(C6CC6)cc(F)c5c4=O)c3CO)cn(C)c2=O)c1. The Morgan fingerprint density at radius 3 is 2.60 bits per heavy atom. The van der Waals surface area contributed by atoms with Gasteiger partial charge in [-0.1, -0.05) is 43.0 Å². The van der Waals surface area contributed by atoms with Gasteiger partial charge in [-0.05, 0) is 59.7 Å². The molecule has 1 aliphatic rings. The fourth-order valence-corrected chi connectivity index (χ4v) is 5.48. The van der Waals surface area contributed by atoms with E-state index in [0.29, 0.717) is 33.9 Å². The van der Waals surface area contributed by atoms with E-state index >= 15 is 4.39 Å². The van der Waals surface area contributed by atoms with Gasteiger partial charge in [-0.3, -0.25) is 19.0 Å². The molecule has 1 fully saturated rings. The van der Waals surface area contributed by atoms with E-state index in [0.717, 1.165) is 29.5 Å². The molecule has 0 radical (unpaired) electrons. The van der Waals surface area contributed by atoms with Crippen LogP contribution in [0.15, 0.2) is 89.4 Å². The summed E-state index contributed by atoms with van der Waals surface area (Å²) in [6, 6.07) is 15.7. The predicted molar refractivity (Wildman–Crippen MR) is 162 cm³/mol. The average Bonchev–Trinajstić information content (AvgIpc) is 3.85. The second kappa shape index (κ2) is 11.3. The average molecular weight is 577 g/mol. The van der Waals surface area contributed by atoms with Crippen molar-refractivity contribution in [1.82, 2.24) is 19.1 Å². The van der Waals surface area contributed by atoms with Crippen LogP contribution >= 0.6 is 0 Å². The quantitative estimate of drug-likeness (QED) is 0.258. The summed E-state index contributed by atoms with van der Waals surface area (Å²) in [5, 5.41) is 10.4. The number of fused-ring (bicyclic) bond motifs is 1. The molecule has 0 aliphatic heterocycles. The Morgan fingerprint density at radius 2 is 1.86 bits per heavy atom. The normalized spacial score (nSPS) is 12.9. The van der Waals surface area contributed by atoms with Gasteiger partial charge < -0.3 is 9.67 Å². The molecule has 43 heavy (non-hydrogen) atoms. The Bertz CT molecular complexity index is 2040. The molecule has 0 saturated heterocycles. The third-order valence-electron chi connectivity index (χ3n) is 7.84. The first-order valence-corrected chi connectivity index (χ1v) is 14.0. The zero-order valence-electron chi connectivity index (χ0n) is 23.6. The Labute approximate surface area is 246 Å². The first-order chi connectivity index (χ1) is 20.8. The van der Waals surface area contributed by atoms with Crippen LogP contribution in [0, 0.1) is 5.82 Å². The van der Waals surface area contributed by atoms with Gasteiger partial charge in [-0.2, -0.15) is 0 Å². The number of aliphatic hydroxyl groups is 1. The lowest BCUT2D eigenvalue weighted by Crippen LogP contribution is -2.24. The highest BCUT2D eigenvalue weighted by molar-refractivity contribution is 5.90. The molecule has 1 N–H and O–H groups in total. The first-order valence-electron chi connectivity index (χ1n) is 14.0. The molecule has 8 nitrogen and oxygen atoms in total. The van der Waals surface area contributed by atoms with Gasteiger partial charge in [0.1, 0.15) is 23.2 Å². The maximum atomic E-state index is 15.2. The number of rotatable bonds is 9. The maximum Gasteiger partial charge on any atom is 0.272 e. The number of aliphatic hydroxyl groups excluding tert-OH is 1. The van der Waals surface area contributed by atoms with Crippen molar-refractivity contribution in [2.24, 2.45) is 7.05 Å². The standard InChI is InChI=1S/C34H29FN4O4/c1-3-24(41)13-20-6-4-7-21(12-20)14-29-33(42)38(2)17-30(37-29)25-8-5-9-31(26(25)18-40)39-19-36-28-16-23(22-10-11-22)15-27(35)32(28)34(39)43/h3-9,12,15-17,19,22,40H,1,10-11,13-14,18H2,2H3. The second-order valence-electron chi connectivity index (χ2n) is 10.9. The molecule has 216 valence electrons. The van der Waals surface area contributed by atoms with E-state index in [1.165, 1.54) is 27.6 Å². The van der Waals surface area contributed by atoms with Crippen molar-refractivity contribution in [1.29, 1.82) is 0 Å². The number of aromatic nitrogens is 4. The van der Waals surface area contributed by atoms with Crippen molar-refractivity contribution < 1.29 is 14.3 Å². The fourth-order valence-electron chi connectivity index (χ4n) is 5.48. The molecule has 2 aromatic heterocycles. The molecule has 0 unspecified atom stereocenters. The van der Waals surface area contributed by atoms with Crippen LogP contribution in [0.25, 0.3) is 27.8 Å². The smallest absolute Gasteiger partial charge is 0.272 e. The minimum Gasteiger partial charge on any atom is -0.392 e. The van der Waals surface area contributed by atoms with Crippen LogP contribution in [0.4, 0.5) is 4.39 Å². The minimum absolute atomic E-state index is 0.101. The summed E-state index contributed by atoms with van der Waals surface area (Å²) in [6.07, 6.45) is 6.64. The van der Waals surface area contributed by atoms with Crippen molar-refractivity contribution in [2.75, 3.05) is 0 Å². The number of carbonyl (C=O) groups excluding carboxylic acids is 1. The van der Waals surface area contributed by atoms with Crippen LogP contribution in [0.5, 0.6) is 0 Å².